The molecule has 1 rings (SSSR count). The van der Waals surface area contributed by atoms with Gasteiger partial charge in [-0.15, -0.1) is 10.7 Å². The molecular weight excluding hydrogens is 91.0 g/mol. The van der Waals surface area contributed by atoms with E-state index < -0.39 is 0 Å². The van der Waals surface area contributed by atoms with Crippen LogP contribution in [0.1, 0.15) is 0 Å². The minimum absolute atomic E-state index is 0. The minimum atomic E-state index is 0. The molecule has 4 heteroatoms. The zero-order chi connectivity index (χ0) is 3.54. The Morgan fingerprint density at radius 1 is 1.67 bits per heavy atom. The van der Waals surface area contributed by atoms with E-state index in [1.54, 1.807) is 0 Å². The summed E-state index contributed by atoms with van der Waals surface area (Å²) in [4.78, 5) is 0. The van der Waals surface area contributed by atoms with Crippen LogP contribution in [0.25, 0.3) is 0 Å². The minimum Gasteiger partial charge on any atom is -0.366 e. The van der Waals surface area contributed by atoms with E-state index in [4.69, 9.17) is 0 Å². The molecule has 0 aliphatic carbocycles. The Morgan fingerprint density at radius 2 is 2.50 bits per heavy atom. The van der Waals surface area contributed by atoms with E-state index in [1.165, 1.54) is 17.7 Å². The molecule has 0 N–H and O–H groups in total. The first-order valence-corrected chi connectivity index (χ1v) is 1.91. The van der Waals surface area contributed by atoms with Crippen LogP contribution in [0.15, 0.2) is 6.20 Å². The molecule has 26 valence electrons. The van der Waals surface area contributed by atoms with E-state index >= 15 is 0 Å². The van der Waals surface area contributed by atoms with Crippen molar-refractivity contribution in [1.29, 1.82) is 0 Å². The Kier molecular flexibility index (Phi) is 3.44. The van der Waals surface area contributed by atoms with Crippen LogP contribution in [-0.2, 0) is 0 Å². The second-order valence-electron chi connectivity index (χ2n) is 0.535. The van der Waals surface area contributed by atoms with Crippen molar-refractivity contribution in [3.63, 3.8) is 0 Å². The Labute approximate surface area is 51.9 Å². The summed E-state index contributed by atoms with van der Waals surface area (Å²) in [6.45, 7) is 0. The second-order valence-corrected chi connectivity index (χ2v) is 1.12. The molecule has 0 aromatic carbocycles. The summed E-state index contributed by atoms with van der Waals surface area (Å²) in [7, 11) is 0. The van der Waals surface area contributed by atoms with Gasteiger partial charge in [-0.25, -0.2) is 11.5 Å². The van der Waals surface area contributed by atoms with Gasteiger partial charge in [-0.3, -0.25) is 0 Å². The predicted octanol–water partition coefficient (Wildman–Crippen LogP) is -2.66. The van der Waals surface area contributed by atoms with Crippen LogP contribution in [0.3, 0.4) is 0 Å². The Morgan fingerprint density at radius 3 is 2.67 bits per heavy atom. The van der Waals surface area contributed by atoms with Gasteiger partial charge in [0.25, 0.3) is 0 Å². The average molecular weight is 92.1 g/mol. The molecule has 0 saturated heterocycles. The van der Waals surface area contributed by atoms with Gasteiger partial charge in [0.2, 0.25) is 0 Å². The van der Waals surface area contributed by atoms with Crippen molar-refractivity contribution >= 4 is 11.5 Å². The summed E-state index contributed by atoms with van der Waals surface area (Å²) >= 11 is 1.23. The van der Waals surface area contributed by atoms with Crippen LogP contribution >= 0.6 is 11.5 Å². The average Bonchev–Trinajstić information content (AvgIpc) is 1.76. The largest absolute Gasteiger partial charge is 1.00 e. The molecule has 1 aromatic rings. The van der Waals surface area contributed by atoms with E-state index in [0.29, 0.717) is 0 Å². The molecule has 0 bridgehead atoms. The Hall–Kier alpha value is 0.157. The van der Waals surface area contributed by atoms with E-state index in [2.05, 4.69) is 15.0 Å². The van der Waals surface area contributed by atoms with Crippen LogP contribution in [0.2, 0.25) is 0 Å². The molecule has 0 saturated carbocycles. The van der Waals surface area contributed by atoms with Crippen LogP contribution in [0, 0.1) is 5.38 Å². The van der Waals surface area contributed by atoms with Crippen LogP contribution < -0.4 is 18.9 Å². The van der Waals surface area contributed by atoms with Gasteiger partial charge in [-0.05, 0) is 0 Å². The van der Waals surface area contributed by atoms with E-state index in [9.17, 15) is 0 Å². The predicted molar refractivity (Wildman–Crippen MR) is 18.7 cm³/mol. The molecule has 0 atom stereocenters. The number of aromatic nitrogens is 2. The molecule has 2 nitrogen and oxygen atoms in total. The van der Waals surface area contributed by atoms with Gasteiger partial charge in [0.15, 0.2) is 0 Å². The zero-order valence-corrected chi connectivity index (χ0v) is 4.20. The molecule has 0 aliphatic heterocycles. The number of rotatable bonds is 0. The van der Waals surface area contributed by atoms with Crippen molar-refractivity contribution in [3.8, 4) is 0 Å². The topological polar surface area (TPSA) is 25.8 Å². The molecule has 0 aliphatic rings. The summed E-state index contributed by atoms with van der Waals surface area (Å²) < 4.78 is 3.46. The standard InChI is InChI=1S/C2HN2S.Li/c1-2-5-4-3-1;/h1H;/q-1;+1. The Bertz CT molecular complexity index is 68.0. The first kappa shape index (κ1) is 6.16. The number of nitrogens with zero attached hydrogens (tertiary/aromatic N) is 2. The molecule has 0 spiro atoms. The van der Waals surface area contributed by atoms with E-state index in [1.807, 2.05) is 0 Å². The maximum absolute atomic E-state index is 3.46. The molecular formula is C2HLiN2S. The quantitative estimate of drug-likeness (QED) is 0.258. The van der Waals surface area contributed by atoms with Crippen molar-refractivity contribution < 1.29 is 18.9 Å². The molecule has 1 heterocycles. The molecule has 0 unspecified atom stereocenters. The van der Waals surface area contributed by atoms with Gasteiger partial charge in [-0.1, -0.05) is 0 Å². The first-order valence-electron chi connectivity index (χ1n) is 1.13. The fourth-order valence-corrected chi connectivity index (χ4v) is 0.354. The summed E-state index contributed by atoms with van der Waals surface area (Å²) in [5.41, 5.74) is 0. The molecule has 0 fully saturated rings. The fourth-order valence-electron chi connectivity index (χ4n) is 0.118. The maximum Gasteiger partial charge on any atom is 1.00 e. The van der Waals surface area contributed by atoms with E-state index in [0.717, 1.165) is 0 Å². The third-order valence-corrected chi connectivity index (χ3v) is 0.638. The van der Waals surface area contributed by atoms with Crippen molar-refractivity contribution in [2.45, 2.75) is 0 Å². The van der Waals surface area contributed by atoms with Gasteiger partial charge in [-0.2, -0.15) is 5.10 Å². The molecule has 0 radical (unpaired) electrons. The van der Waals surface area contributed by atoms with Crippen molar-refractivity contribution in [3.05, 3.63) is 11.6 Å². The SMILES string of the molecule is [Li+].[c-]1cnns1. The zero-order valence-electron chi connectivity index (χ0n) is 3.38. The number of hydrogen-bond acceptors (Lipinski definition) is 3. The smallest absolute Gasteiger partial charge is 0.366 e. The van der Waals surface area contributed by atoms with Gasteiger partial charge in [0.05, 0.1) is 0 Å². The monoisotopic (exact) mass is 92.0 g/mol. The van der Waals surface area contributed by atoms with Crippen molar-refractivity contribution in [1.82, 2.24) is 9.59 Å². The van der Waals surface area contributed by atoms with Crippen LogP contribution in [0.5, 0.6) is 0 Å². The summed E-state index contributed by atoms with van der Waals surface area (Å²) in [5.74, 6) is 0. The second kappa shape index (κ2) is 3.35. The number of hydrogen-bond donors (Lipinski definition) is 0. The summed E-state index contributed by atoms with van der Waals surface area (Å²) in [6, 6.07) is 0. The van der Waals surface area contributed by atoms with Gasteiger partial charge in [0.1, 0.15) is 0 Å². The molecule has 1 aromatic heterocycles. The van der Waals surface area contributed by atoms with Gasteiger partial charge < -0.3 is 5.38 Å². The van der Waals surface area contributed by atoms with Crippen molar-refractivity contribution in [2.75, 3.05) is 0 Å². The summed E-state index contributed by atoms with van der Waals surface area (Å²) in [6.07, 6.45) is 1.53. The molecule has 0 amide bonds. The third kappa shape index (κ3) is 1.56. The summed E-state index contributed by atoms with van der Waals surface area (Å²) in [5, 5.41) is 6.12. The Balaban J connectivity index is 0.000000250. The van der Waals surface area contributed by atoms with Crippen LogP contribution in [0.4, 0.5) is 0 Å². The van der Waals surface area contributed by atoms with Gasteiger partial charge in [0, 0.05) is 0 Å². The van der Waals surface area contributed by atoms with Crippen molar-refractivity contribution in [2.24, 2.45) is 0 Å². The van der Waals surface area contributed by atoms with Crippen LogP contribution in [-0.4, -0.2) is 9.59 Å². The molecule has 6 heavy (non-hydrogen) atoms. The fraction of sp³-hybridized carbons (Fsp3) is 0. The third-order valence-electron chi connectivity index (χ3n) is 0.251. The normalized spacial score (nSPS) is 6.67. The van der Waals surface area contributed by atoms with E-state index in [-0.39, 0.29) is 18.9 Å². The first-order chi connectivity index (χ1) is 2.50. The maximum atomic E-state index is 3.46. The van der Waals surface area contributed by atoms with Gasteiger partial charge >= 0.3 is 18.9 Å².